The smallest absolute Gasteiger partial charge is 0.338 e. The van der Waals surface area contributed by atoms with E-state index in [0.717, 1.165) is 13.1 Å². The Morgan fingerprint density at radius 1 is 1.10 bits per heavy atom. The predicted octanol–water partition coefficient (Wildman–Crippen LogP) is 2.82. The fraction of sp³-hybridized carbons (Fsp3) is 0.562. The molecule has 0 aliphatic carbocycles. The van der Waals surface area contributed by atoms with Crippen molar-refractivity contribution in [1.29, 1.82) is 0 Å². The van der Waals surface area contributed by atoms with Crippen molar-refractivity contribution in [3.63, 3.8) is 0 Å². The monoisotopic (exact) mass is 278 g/mol. The first-order valence-electron chi connectivity index (χ1n) is 7.12. The minimum Gasteiger partial charge on any atom is -0.456 e. The van der Waals surface area contributed by atoms with Crippen LogP contribution in [0.5, 0.6) is 0 Å². The van der Waals surface area contributed by atoms with Crippen LogP contribution in [0.25, 0.3) is 0 Å². The maximum Gasteiger partial charge on any atom is 0.338 e. The van der Waals surface area contributed by atoms with Gasteiger partial charge in [-0.15, -0.1) is 0 Å². The van der Waals surface area contributed by atoms with E-state index in [1.54, 1.807) is 0 Å². The zero-order valence-corrected chi connectivity index (χ0v) is 13.0. The maximum absolute atomic E-state index is 11.9. The molecule has 0 spiro atoms. The molecule has 0 radical (unpaired) electrons. The van der Waals surface area contributed by atoms with Crippen molar-refractivity contribution in [2.24, 2.45) is 5.73 Å². The molecule has 4 nitrogen and oxygen atoms in total. The van der Waals surface area contributed by atoms with E-state index in [9.17, 15) is 4.79 Å². The van der Waals surface area contributed by atoms with E-state index in [1.807, 2.05) is 45.0 Å². The van der Waals surface area contributed by atoms with Crippen LogP contribution in [0, 0.1) is 0 Å². The molecule has 1 fully saturated rings. The molecule has 1 saturated heterocycles. The van der Waals surface area contributed by atoms with E-state index in [4.69, 9.17) is 4.74 Å². The third-order valence-electron chi connectivity index (χ3n) is 2.97. The van der Waals surface area contributed by atoms with Crippen LogP contribution in [0.3, 0.4) is 0 Å². The van der Waals surface area contributed by atoms with Crippen molar-refractivity contribution in [2.75, 3.05) is 25.0 Å². The van der Waals surface area contributed by atoms with Gasteiger partial charge in [0.1, 0.15) is 5.60 Å². The molecule has 20 heavy (non-hydrogen) atoms. The number of esters is 1. The van der Waals surface area contributed by atoms with Crippen molar-refractivity contribution in [2.45, 2.75) is 39.2 Å². The second-order valence-corrected chi connectivity index (χ2v) is 5.74. The van der Waals surface area contributed by atoms with Crippen molar-refractivity contribution in [1.82, 2.24) is 0 Å². The summed E-state index contributed by atoms with van der Waals surface area (Å²) < 4.78 is 5.34. The van der Waals surface area contributed by atoms with Gasteiger partial charge in [0.2, 0.25) is 0 Å². The van der Waals surface area contributed by atoms with Gasteiger partial charge >= 0.3 is 5.97 Å². The summed E-state index contributed by atoms with van der Waals surface area (Å²) in [7, 11) is 1.50. The third kappa shape index (κ3) is 4.85. The Morgan fingerprint density at radius 2 is 1.60 bits per heavy atom. The standard InChI is InChI=1S/C15H21NO2.CH5N/c1-15(2,3)18-14(17)12-6-8-13(9-7-12)16-10-4-5-11-16;1-2/h6-9H,4-5,10-11H2,1-3H3;2H2,1H3. The van der Waals surface area contributed by atoms with Crippen LogP contribution < -0.4 is 10.6 Å². The summed E-state index contributed by atoms with van der Waals surface area (Å²) in [5.41, 5.74) is 5.87. The zero-order valence-electron chi connectivity index (χ0n) is 13.0. The molecule has 2 rings (SSSR count). The SMILES string of the molecule is CC(C)(C)OC(=O)c1ccc(N2CCCC2)cc1.CN. The molecule has 0 amide bonds. The van der Waals surface area contributed by atoms with E-state index >= 15 is 0 Å². The molecule has 1 aromatic carbocycles. The van der Waals surface area contributed by atoms with Gasteiger partial charge < -0.3 is 15.4 Å². The molecule has 0 saturated carbocycles. The molecule has 0 aromatic heterocycles. The lowest BCUT2D eigenvalue weighted by Gasteiger charge is -2.20. The lowest BCUT2D eigenvalue weighted by molar-refractivity contribution is 0.00696. The van der Waals surface area contributed by atoms with Crippen molar-refractivity contribution >= 4 is 11.7 Å². The Hall–Kier alpha value is -1.55. The Morgan fingerprint density at radius 3 is 2.05 bits per heavy atom. The highest BCUT2D eigenvalue weighted by Gasteiger charge is 2.18. The number of nitrogens with two attached hydrogens (primary N) is 1. The fourth-order valence-electron chi connectivity index (χ4n) is 2.12. The van der Waals surface area contributed by atoms with Gasteiger partial charge in [-0.3, -0.25) is 0 Å². The van der Waals surface area contributed by atoms with E-state index < -0.39 is 5.60 Å². The minimum atomic E-state index is -0.440. The summed E-state index contributed by atoms with van der Waals surface area (Å²) in [4.78, 5) is 14.2. The largest absolute Gasteiger partial charge is 0.456 e. The number of anilines is 1. The minimum absolute atomic E-state index is 0.254. The molecule has 1 aromatic rings. The van der Waals surface area contributed by atoms with Crippen LogP contribution in [-0.4, -0.2) is 31.7 Å². The predicted molar refractivity (Wildman–Crippen MR) is 83.2 cm³/mol. The highest BCUT2D eigenvalue weighted by Crippen LogP contribution is 2.21. The maximum atomic E-state index is 11.9. The van der Waals surface area contributed by atoms with E-state index in [-0.39, 0.29) is 5.97 Å². The number of carbonyl (C=O) groups is 1. The molecule has 0 bridgehead atoms. The number of benzene rings is 1. The topological polar surface area (TPSA) is 55.6 Å². The van der Waals surface area contributed by atoms with Gasteiger partial charge in [-0.25, -0.2) is 4.79 Å². The van der Waals surface area contributed by atoms with Crippen molar-refractivity contribution < 1.29 is 9.53 Å². The molecular formula is C16H26N2O2. The third-order valence-corrected chi connectivity index (χ3v) is 2.97. The van der Waals surface area contributed by atoms with Gasteiger partial charge in [0.25, 0.3) is 0 Å². The number of rotatable bonds is 2. The van der Waals surface area contributed by atoms with Crippen molar-refractivity contribution in [3.8, 4) is 0 Å². The highest BCUT2D eigenvalue weighted by atomic mass is 16.6. The lowest BCUT2D eigenvalue weighted by Crippen LogP contribution is -2.24. The van der Waals surface area contributed by atoms with Gasteiger partial charge in [-0.05, 0) is 64.9 Å². The number of hydrogen-bond acceptors (Lipinski definition) is 4. The summed E-state index contributed by atoms with van der Waals surface area (Å²) in [6.45, 7) is 7.87. The number of hydrogen-bond donors (Lipinski definition) is 1. The van der Waals surface area contributed by atoms with Crippen LogP contribution in [0.4, 0.5) is 5.69 Å². The van der Waals surface area contributed by atoms with Crippen LogP contribution in [0.2, 0.25) is 0 Å². The Labute approximate surface area is 121 Å². The Kier molecular flexibility index (Phi) is 6.02. The Bertz CT molecular complexity index is 415. The van der Waals surface area contributed by atoms with E-state index in [2.05, 4.69) is 10.6 Å². The average Bonchev–Trinajstić information content (AvgIpc) is 2.93. The van der Waals surface area contributed by atoms with Gasteiger partial charge in [0, 0.05) is 18.8 Å². The molecule has 112 valence electrons. The quantitative estimate of drug-likeness (QED) is 0.845. The number of ether oxygens (including phenoxy) is 1. The second kappa shape index (κ2) is 7.29. The van der Waals surface area contributed by atoms with Gasteiger partial charge in [0.15, 0.2) is 0 Å². The molecule has 2 N–H and O–H groups in total. The van der Waals surface area contributed by atoms with Gasteiger partial charge in [-0.2, -0.15) is 0 Å². The molecular weight excluding hydrogens is 252 g/mol. The lowest BCUT2D eigenvalue weighted by atomic mass is 10.1. The first-order valence-corrected chi connectivity index (χ1v) is 7.12. The Balaban J connectivity index is 0.000000956. The number of nitrogens with zero attached hydrogens (tertiary/aromatic N) is 1. The first-order chi connectivity index (χ1) is 9.46. The van der Waals surface area contributed by atoms with E-state index in [0.29, 0.717) is 5.56 Å². The molecule has 1 aliphatic heterocycles. The summed E-state index contributed by atoms with van der Waals surface area (Å²) >= 11 is 0. The van der Waals surface area contributed by atoms with E-state index in [1.165, 1.54) is 25.6 Å². The molecule has 1 heterocycles. The van der Waals surface area contributed by atoms with Crippen LogP contribution >= 0.6 is 0 Å². The highest BCUT2D eigenvalue weighted by molar-refractivity contribution is 5.90. The first kappa shape index (κ1) is 16.5. The second-order valence-electron chi connectivity index (χ2n) is 5.74. The van der Waals surface area contributed by atoms with Crippen molar-refractivity contribution in [3.05, 3.63) is 29.8 Å². The zero-order chi connectivity index (χ0) is 15.2. The molecule has 4 heteroatoms. The van der Waals surface area contributed by atoms with Gasteiger partial charge in [0.05, 0.1) is 5.56 Å². The number of carbonyl (C=O) groups excluding carboxylic acids is 1. The summed E-state index contributed by atoms with van der Waals surface area (Å²) in [6, 6.07) is 7.71. The molecule has 1 aliphatic rings. The van der Waals surface area contributed by atoms with Crippen LogP contribution in [0.1, 0.15) is 44.0 Å². The van der Waals surface area contributed by atoms with Gasteiger partial charge in [-0.1, -0.05) is 0 Å². The normalized spacial score (nSPS) is 14.6. The summed E-state index contributed by atoms with van der Waals surface area (Å²) in [6.07, 6.45) is 2.52. The van der Waals surface area contributed by atoms with Crippen LogP contribution in [0.15, 0.2) is 24.3 Å². The van der Waals surface area contributed by atoms with Crippen LogP contribution in [-0.2, 0) is 4.74 Å². The summed E-state index contributed by atoms with van der Waals surface area (Å²) in [5.74, 6) is -0.254. The molecule has 0 unspecified atom stereocenters. The molecule has 0 atom stereocenters. The summed E-state index contributed by atoms with van der Waals surface area (Å²) in [5, 5.41) is 0. The fourth-order valence-corrected chi connectivity index (χ4v) is 2.12. The average molecular weight is 278 g/mol.